The van der Waals surface area contributed by atoms with Gasteiger partial charge in [0, 0.05) is 17.8 Å². The summed E-state index contributed by atoms with van der Waals surface area (Å²) >= 11 is 0. The number of rotatable bonds is 2. The molecule has 1 unspecified atom stereocenters. The molecule has 0 bridgehead atoms. The van der Waals surface area contributed by atoms with E-state index in [1.807, 2.05) is 6.92 Å². The molecule has 1 saturated heterocycles. The predicted molar refractivity (Wildman–Crippen MR) is 68.3 cm³/mol. The Labute approximate surface area is 106 Å². The summed E-state index contributed by atoms with van der Waals surface area (Å²) in [6, 6.07) is 4.97. The number of ether oxygens (including phenoxy) is 1. The van der Waals surface area contributed by atoms with E-state index < -0.39 is 0 Å². The van der Waals surface area contributed by atoms with E-state index >= 15 is 0 Å². The Morgan fingerprint density at radius 2 is 2.39 bits per heavy atom. The zero-order valence-corrected chi connectivity index (χ0v) is 10.4. The highest BCUT2D eigenvalue weighted by atomic mass is 16.5. The van der Waals surface area contributed by atoms with Crippen LogP contribution in [0.3, 0.4) is 0 Å². The molecule has 18 heavy (non-hydrogen) atoms. The van der Waals surface area contributed by atoms with E-state index in [0.29, 0.717) is 31.0 Å². The third-order valence-electron chi connectivity index (χ3n) is 3.22. The maximum Gasteiger partial charge on any atom is 0.254 e. The second kappa shape index (κ2) is 5.37. The molecule has 98 valence electrons. The molecule has 1 amide bonds. The van der Waals surface area contributed by atoms with Gasteiger partial charge in [0.25, 0.3) is 5.91 Å². The third kappa shape index (κ3) is 2.47. The Hall–Kier alpha value is -1.59. The number of aryl methyl sites for hydroxylation is 1. The van der Waals surface area contributed by atoms with Crippen molar-refractivity contribution in [3.8, 4) is 0 Å². The van der Waals surface area contributed by atoms with Gasteiger partial charge in [-0.25, -0.2) is 0 Å². The summed E-state index contributed by atoms with van der Waals surface area (Å²) in [7, 11) is 0. The normalized spacial score (nSPS) is 19.9. The standard InChI is InChI=1S/C13H18N2O3/c1-9-6-10(2-3-12(9)14)13(17)15-4-5-18-8-11(15)7-16/h2-3,6,11,16H,4-5,7-8,14H2,1H3. The van der Waals surface area contributed by atoms with Crippen LogP contribution < -0.4 is 5.73 Å². The second-order valence-corrected chi connectivity index (χ2v) is 4.48. The van der Waals surface area contributed by atoms with Gasteiger partial charge in [0.2, 0.25) is 0 Å². The molecule has 3 N–H and O–H groups in total. The number of benzene rings is 1. The highest BCUT2D eigenvalue weighted by Crippen LogP contribution is 2.17. The van der Waals surface area contributed by atoms with Crippen molar-refractivity contribution in [1.29, 1.82) is 0 Å². The molecule has 1 aromatic carbocycles. The number of carbonyl (C=O) groups excluding carboxylic acids is 1. The van der Waals surface area contributed by atoms with Gasteiger partial charge in [-0.2, -0.15) is 0 Å². The fourth-order valence-electron chi connectivity index (χ4n) is 2.05. The minimum absolute atomic E-state index is 0.0829. The van der Waals surface area contributed by atoms with Gasteiger partial charge in [-0.15, -0.1) is 0 Å². The molecule has 0 aliphatic carbocycles. The average Bonchev–Trinajstić information content (AvgIpc) is 2.41. The first kappa shape index (κ1) is 12.9. The summed E-state index contributed by atoms with van der Waals surface area (Å²) < 4.78 is 5.26. The number of anilines is 1. The Kier molecular flexibility index (Phi) is 3.84. The molecule has 0 aromatic heterocycles. The molecule has 1 aliphatic rings. The lowest BCUT2D eigenvalue weighted by molar-refractivity contribution is -0.0183. The number of nitrogen functional groups attached to an aromatic ring is 1. The summed E-state index contributed by atoms with van der Waals surface area (Å²) in [5, 5.41) is 9.26. The van der Waals surface area contributed by atoms with Crippen molar-refractivity contribution < 1.29 is 14.6 Å². The summed E-state index contributed by atoms with van der Waals surface area (Å²) in [6.07, 6.45) is 0. The van der Waals surface area contributed by atoms with Gasteiger partial charge in [0.1, 0.15) is 0 Å². The van der Waals surface area contributed by atoms with Crippen molar-refractivity contribution in [3.63, 3.8) is 0 Å². The fourth-order valence-corrected chi connectivity index (χ4v) is 2.05. The molecule has 5 nitrogen and oxygen atoms in total. The lowest BCUT2D eigenvalue weighted by atomic mass is 10.1. The molecule has 1 atom stereocenters. The molecule has 1 aromatic rings. The van der Waals surface area contributed by atoms with Gasteiger partial charge in [0.05, 0.1) is 25.9 Å². The Morgan fingerprint density at radius 3 is 3.06 bits per heavy atom. The zero-order valence-electron chi connectivity index (χ0n) is 10.4. The molecular weight excluding hydrogens is 232 g/mol. The monoisotopic (exact) mass is 250 g/mol. The van der Waals surface area contributed by atoms with Crippen LogP contribution in [0.15, 0.2) is 18.2 Å². The average molecular weight is 250 g/mol. The van der Waals surface area contributed by atoms with Crippen molar-refractivity contribution >= 4 is 11.6 Å². The van der Waals surface area contributed by atoms with Crippen molar-refractivity contribution in [2.75, 3.05) is 32.1 Å². The van der Waals surface area contributed by atoms with Crippen LogP contribution >= 0.6 is 0 Å². The van der Waals surface area contributed by atoms with Crippen LogP contribution in [-0.4, -0.2) is 48.3 Å². The summed E-state index contributed by atoms with van der Waals surface area (Å²) in [5.74, 6) is -0.0829. The van der Waals surface area contributed by atoms with Gasteiger partial charge in [-0.3, -0.25) is 4.79 Å². The Morgan fingerprint density at radius 1 is 1.61 bits per heavy atom. The molecular formula is C13H18N2O3. The van der Waals surface area contributed by atoms with Crippen LogP contribution in [0.2, 0.25) is 0 Å². The van der Waals surface area contributed by atoms with Crippen LogP contribution in [0.4, 0.5) is 5.69 Å². The van der Waals surface area contributed by atoms with E-state index in [2.05, 4.69) is 0 Å². The van der Waals surface area contributed by atoms with E-state index in [0.717, 1.165) is 5.56 Å². The van der Waals surface area contributed by atoms with E-state index in [9.17, 15) is 9.90 Å². The first-order valence-corrected chi connectivity index (χ1v) is 5.99. The lowest BCUT2D eigenvalue weighted by Gasteiger charge is -2.34. The van der Waals surface area contributed by atoms with Crippen LogP contribution in [-0.2, 0) is 4.74 Å². The third-order valence-corrected chi connectivity index (χ3v) is 3.22. The van der Waals surface area contributed by atoms with E-state index in [-0.39, 0.29) is 18.6 Å². The number of amides is 1. The van der Waals surface area contributed by atoms with Gasteiger partial charge >= 0.3 is 0 Å². The van der Waals surface area contributed by atoms with Gasteiger partial charge in [-0.1, -0.05) is 0 Å². The smallest absolute Gasteiger partial charge is 0.254 e. The summed E-state index contributed by atoms with van der Waals surface area (Å²) in [6.45, 7) is 3.19. The van der Waals surface area contributed by atoms with Gasteiger partial charge in [0.15, 0.2) is 0 Å². The SMILES string of the molecule is Cc1cc(C(=O)N2CCOCC2CO)ccc1N. The maximum atomic E-state index is 12.4. The quantitative estimate of drug-likeness (QED) is 0.745. The van der Waals surface area contributed by atoms with E-state index in [1.165, 1.54) is 0 Å². The van der Waals surface area contributed by atoms with E-state index in [4.69, 9.17) is 10.5 Å². The number of morpholine rings is 1. The zero-order chi connectivity index (χ0) is 13.1. The van der Waals surface area contributed by atoms with Crippen LogP contribution in [0.1, 0.15) is 15.9 Å². The molecule has 5 heteroatoms. The Balaban J connectivity index is 2.21. The summed E-state index contributed by atoms with van der Waals surface area (Å²) in [5.41, 5.74) is 7.89. The Bertz CT molecular complexity index is 448. The topological polar surface area (TPSA) is 75.8 Å². The highest BCUT2D eigenvalue weighted by molar-refractivity contribution is 5.95. The van der Waals surface area contributed by atoms with Crippen molar-refractivity contribution in [2.24, 2.45) is 0 Å². The van der Waals surface area contributed by atoms with Crippen LogP contribution in [0, 0.1) is 6.92 Å². The number of aliphatic hydroxyl groups excluding tert-OH is 1. The number of nitrogens with zero attached hydrogens (tertiary/aromatic N) is 1. The molecule has 0 saturated carbocycles. The number of hydrogen-bond donors (Lipinski definition) is 2. The lowest BCUT2D eigenvalue weighted by Crippen LogP contribution is -2.50. The van der Waals surface area contributed by atoms with Gasteiger partial charge < -0.3 is 20.5 Å². The van der Waals surface area contributed by atoms with Gasteiger partial charge in [-0.05, 0) is 30.7 Å². The molecule has 0 spiro atoms. The fraction of sp³-hybridized carbons (Fsp3) is 0.462. The minimum atomic E-state index is -0.260. The minimum Gasteiger partial charge on any atom is -0.399 e. The van der Waals surface area contributed by atoms with Crippen molar-refractivity contribution in [2.45, 2.75) is 13.0 Å². The molecule has 1 fully saturated rings. The van der Waals surface area contributed by atoms with Crippen molar-refractivity contribution in [3.05, 3.63) is 29.3 Å². The largest absolute Gasteiger partial charge is 0.399 e. The highest BCUT2D eigenvalue weighted by Gasteiger charge is 2.27. The van der Waals surface area contributed by atoms with Crippen LogP contribution in [0.5, 0.6) is 0 Å². The first-order chi connectivity index (χ1) is 8.63. The molecule has 1 aliphatic heterocycles. The summed E-state index contributed by atoms with van der Waals surface area (Å²) in [4.78, 5) is 14.0. The number of aliphatic hydroxyl groups is 1. The van der Waals surface area contributed by atoms with Crippen molar-refractivity contribution in [1.82, 2.24) is 4.90 Å². The number of carbonyl (C=O) groups is 1. The molecule has 1 heterocycles. The predicted octanol–water partition coefficient (Wildman–Crippen LogP) is 0.411. The van der Waals surface area contributed by atoms with E-state index in [1.54, 1.807) is 23.1 Å². The molecule has 2 rings (SSSR count). The number of hydrogen-bond acceptors (Lipinski definition) is 4. The molecule has 0 radical (unpaired) electrons. The number of nitrogens with two attached hydrogens (primary N) is 1. The van der Waals surface area contributed by atoms with Crippen LogP contribution in [0.25, 0.3) is 0 Å². The second-order valence-electron chi connectivity index (χ2n) is 4.48. The first-order valence-electron chi connectivity index (χ1n) is 5.99. The maximum absolute atomic E-state index is 12.4.